The Kier molecular flexibility index (Phi) is 7.00. The van der Waals surface area contributed by atoms with Gasteiger partial charge < -0.3 is 0 Å². The van der Waals surface area contributed by atoms with Crippen molar-refractivity contribution < 1.29 is 8.78 Å². The van der Waals surface area contributed by atoms with Crippen LogP contribution in [0.1, 0.15) is 54.4 Å². The van der Waals surface area contributed by atoms with E-state index in [0.29, 0.717) is 5.56 Å². The summed E-state index contributed by atoms with van der Waals surface area (Å²) in [5.74, 6) is 5.99. The van der Waals surface area contributed by atoms with E-state index in [-0.39, 0.29) is 0 Å². The smallest absolute Gasteiger partial charge is 0.153 e. The first-order valence-electron chi connectivity index (χ1n) is 12.1. The molecule has 1 saturated carbocycles. The number of hydrogen-bond donors (Lipinski definition) is 0. The van der Waals surface area contributed by atoms with Crippen molar-refractivity contribution in [3.63, 3.8) is 0 Å². The fourth-order valence-corrected chi connectivity index (χ4v) is 5.17. The summed E-state index contributed by atoms with van der Waals surface area (Å²) >= 11 is 4.47. The van der Waals surface area contributed by atoms with E-state index < -0.39 is 17.3 Å². The molecule has 35 heavy (non-hydrogen) atoms. The second-order valence-electron chi connectivity index (χ2n) is 9.38. The Hall–Kier alpha value is -3.38. The minimum Gasteiger partial charge on any atom is -0.204 e. The predicted octanol–water partition coefficient (Wildman–Crippen LogP) is 8.48. The Morgan fingerprint density at radius 3 is 2.31 bits per heavy atom. The summed E-state index contributed by atoms with van der Waals surface area (Å²) in [4.78, 5) is 3.48. The number of halogens is 2. The molecule has 3 aromatic rings. The van der Waals surface area contributed by atoms with Gasteiger partial charge in [-0.2, -0.15) is 4.99 Å². The molecule has 0 N–H and O–H groups in total. The zero-order valence-corrected chi connectivity index (χ0v) is 20.2. The van der Waals surface area contributed by atoms with Crippen LogP contribution in [0.5, 0.6) is 0 Å². The van der Waals surface area contributed by atoms with Crippen molar-refractivity contribution >= 4 is 29.1 Å². The molecule has 0 spiro atoms. The Morgan fingerprint density at radius 1 is 0.857 bits per heavy atom. The fourth-order valence-electron chi connectivity index (χ4n) is 5.08. The molecule has 4 heteroatoms. The number of nitrogens with zero attached hydrogens (tertiary/aromatic N) is 1. The Balaban J connectivity index is 1.31. The monoisotopic (exact) mass is 481 g/mol. The number of aryl methyl sites for hydroxylation is 1. The maximum atomic E-state index is 14.3. The summed E-state index contributed by atoms with van der Waals surface area (Å²) in [6, 6.07) is 17.1. The van der Waals surface area contributed by atoms with Crippen molar-refractivity contribution in [1.29, 1.82) is 0 Å². The van der Waals surface area contributed by atoms with Crippen LogP contribution >= 0.6 is 12.2 Å². The van der Waals surface area contributed by atoms with E-state index in [2.05, 4.69) is 59.4 Å². The maximum absolute atomic E-state index is 14.3. The first-order valence-corrected chi connectivity index (χ1v) is 12.5. The molecule has 0 bridgehead atoms. The highest BCUT2D eigenvalue weighted by atomic mass is 32.1. The van der Waals surface area contributed by atoms with Crippen LogP contribution in [0, 0.1) is 29.4 Å². The highest BCUT2D eigenvalue weighted by molar-refractivity contribution is 7.78. The van der Waals surface area contributed by atoms with Crippen molar-refractivity contribution in [3.8, 4) is 23.0 Å². The molecule has 1 nitrogen and oxygen atoms in total. The minimum absolute atomic E-state index is 0.406. The summed E-state index contributed by atoms with van der Waals surface area (Å²) in [5.41, 5.74) is 6.61. The van der Waals surface area contributed by atoms with Gasteiger partial charge in [0, 0.05) is 11.1 Å². The minimum atomic E-state index is -0.751. The molecule has 3 aromatic carbocycles. The van der Waals surface area contributed by atoms with Crippen molar-refractivity contribution in [2.24, 2.45) is 10.9 Å². The van der Waals surface area contributed by atoms with E-state index >= 15 is 0 Å². The molecule has 0 amide bonds. The average molecular weight is 482 g/mol. The van der Waals surface area contributed by atoms with Gasteiger partial charge in [-0.3, -0.25) is 0 Å². The molecule has 174 valence electrons. The van der Waals surface area contributed by atoms with E-state index in [1.807, 2.05) is 23.4 Å². The van der Waals surface area contributed by atoms with Crippen LogP contribution in [-0.4, -0.2) is 5.16 Å². The number of benzene rings is 3. The number of rotatable bonds is 4. The summed E-state index contributed by atoms with van der Waals surface area (Å²) in [5, 5.41) is 2.02. The molecule has 0 atom stereocenters. The predicted molar refractivity (Wildman–Crippen MR) is 142 cm³/mol. The van der Waals surface area contributed by atoms with Crippen LogP contribution in [0.4, 0.5) is 14.5 Å². The van der Waals surface area contributed by atoms with Crippen molar-refractivity contribution in [2.75, 3.05) is 0 Å². The third-order valence-electron chi connectivity index (χ3n) is 6.96. The first kappa shape index (κ1) is 23.4. The molecule has 0 heterocycles. The highest BCUT2D eigenvalue weighted by Crippen LogP contribution is 2.32. The number of fused-ring (bicyclic) bond motifs is 1. The molecule has 0 radical (unpaired) electrons. The standard InChI is InChI=1S/C31H25F2NS/c32-29-18-28(19-30(33)31(29)34-20-35)27-14-13-25-16-24(11-12-26(25)17-27)10-7-21-5-8-23(9-6-21)15-22-3-1-2-4-22/h5-6,8-9,13-14,16-19,22H,1-4,11-12,15H2. The molecule has 0 saturated heterocycles. The number of hydrogen-bond acceptors (Lipinski definition) is 2. The van der Waals surface area contributed by atoms with Crippen LogP contribution in [0.2, 0.25) is 0 Å². The first-order chi connectivity index (χ1) is 17.1. The maximum Gasteiger partial charge on any atom is 0.153 e. The fraction of sp³-hybridized carbons (Fsp3) is 0.258. The third kappa shape index (κ3) is 5.49. The van der Waals surface area contributed by atoms with Crippen molar-refractivity contribution in [1.82, 2.24) is 0 Å². The molecule has 1 fully saturated rings. The van der Waals surface area contributed by atoms with Crippen LogP contribution in [-0.2, 0) is 12.8 Å². The van der Waals surface area contributed by atoms with Gasteiger partial charge in [0.15, 0.2) is 11.6 Å². The van der Waals surface area contributed by atoms with Gasteiger partial charge in [-0.25, -0.2) is 8.78 Å². The second-order valence-corrected chi connectivity index (χ2v) is 9.56. The molecule has 2 aliphatic rings. The van der Waals surface area contributed by atoms with Crippen LogP contribution < -0.4 is 0 Å². The van der Waals surface area contributed by atoms with Gasteiger partial charge in [0.2, 0.25) is 0 Å². The summed E-state index contributed by atoms with van der Waals surface area (Å²) < 4.78 is 28.5. The second kappa shape index (κ2) is 10.5. The zero-order valence-electron chi connectivity index (χ0n) is 19.4. The Bertz CT molecular complexity index is 1370. The van der Waals surface area contributed by atoms with E-state index in [1.54, 1.807) is 0 Å². The average Bonchev–Trinajstić information content (AvgIpc) is 3.38. The SMILES string of the molecule is Fc1cc(-c2ccc3c(c2)CCC(C#Cc2ccc(CC4CCCC4)cc2)=C3)cc(F)c1N=C=S. The van der Waals surface area contributed by atoms with Gasteiger partial charge in [-0.15, -0.1) is 0 Å². The molecule has 0 aromatic heterocycles. The van der Waals surface area contributed by atoms with Crippen LogP contribution in [0.3, 0.4) is 0 Å². The topological polar surface area (TPSA) is 12.4 Å². The van der Waals surface area contributed by atoms with Crippen LogP contribution in [0.25, 0.3) is 17.2 Å². The molecular weight excluding hydrogens is 456 g/mol. The van der Waals surface area contributed by atoms with Gasteiger partial charge in [0.05, 0.1) is 5.16 Å². The van der Waals surface area contributed by atoms with E-state index in [0.717, 1.165) is 46.6 Å². The van der Waals surface area contributed by atoms with Gasteiger partial charge in [-0.05, 0) is 95.6 Å². The lowest BCUT2D eigenvalue weighted by molar-refractivity contribution is 0.546. The summed E-state index contributed by atoms with van der Waals surface area (Å²) in [6.07, 6.45) is 10.5. The lowest BCUT2D eigenvalue weighted by Gasteiger charge is -2.15. The largest absolute Gasteiger partial charge is 0.204 e. The van der Waals surface area contributed by atoms with Gasteiger partial charge in [0.25, 0.3) is 0 Å². The van der Waals surface area contributed by atoms with Crippen molar-refractivity contribution in [2.45, 2.75) is 44.9 Å². The van der Waals surface area contributed by atoms with E-state index in [1.165, 1.54) is 49.8 Å². The number of thiocarbonyl (C=S) groups is 1. The summed E-state index contributed by atoms with van der Waals surface area (Å²) in [7, 11) is 0. The quantitative estimate of drug-likeness (QED) is 0.207. The van der Waals surface area contributed by atoms with Gasteiger partial charge in [0.1, 0.15) is 5.69 Å². The summed E-state index contributed by atoms with van der Waals surface area (Å²) in [6.45, 7) is 0. The molecule has 0 unspecified atom stereocenters. The molecule has 0 aliphatic heterocycles. The van der Waals surface area contributed by atoms with E-state index in [4.69, 9.17) is 0 Å². The number of aliphatic imine (C=N–C) groups is 1. The van der Waals surface area contributed by atoms with E-state index in [9.17, 15) is 8.78 Å². The van der Waals surface area contributed by atoms with Crippen LogP contribution in [0.15, 0.2) is 65.2 Å². The highest BCUT2D eigenvalue weighted by Gasteiger charge is 2.16. The molecule has 2 aliphatic carbocycles. The lowest BCUT2D eigenvalue weighted by atomic mass is 9.89. The third-order valence-corrected chi connectivity index (χ3v) is 7.06. The van der Waals surface area contributed by atoms with Gasteiger partial charge >= 0.3 is 0 Å². The number of isothiocyanates is 1. The Morgan fingerprint density at radius 2 is 1.60 bits per heavy atom. The molecule has 5 rings (SSSR count). The van der Waals surface area contributed by atoms with Gasteiger partial charge in [-0.1, -0.05) is 67.9 Å². The Labute approximate surface area is 210 Å². The zero-order chi connectivity index (χ0) is 24.2. The normalized spacial score (nSPS) is 15.0. The lowest BCUT2D eigenvalue weighted by Crippen LogP contribution is -1.99. The molecular formula is C31H25F2NS. The van der Waals surface area contributed by atoms with Crippen molar-refractivity contribution in [3.05, 3.63) is 94.1 Å². The number of allylic oxidation sites excluding steroid dienone is 1.